The Morgan fingerprint density at radius 2 is 1.65 bits per heavy atom. The number of rotatable bonds is 0. The molecule has 0 nitrogen and oxygen atoms in total. The van der Waals surface area contributed by atoms with Crippen molar-refractivity contribution in [3.63, 3.8) is 0 Å². The first kappa shape index (κ1) is 22.6. The average Bonchev–Trinajstić information content (AvgIpc) is 2.90. The van der Waals surface area contributed by atoms with Crippen LogP contribution < -0.4 is 24.8 Å². The van der Waals surface area contributed by atoms with Gasteiger partial charge in [-0.3, -0.25) is 6.08 Å². The third kappa shape index (κ3) is 5.96. The fourth-order valence-electron chi connectivity index (χ4n) is 2.80. The number of hydrogen-bond donors (Lipinski definition) is 0. The molecule has 0 N–H and O–H groups in total. The van der Waals surface area contributed by atoms with E-state index in [1.165, 1.54) is 36.8 Å². The maximum absolute atomic E-state index is 3.50. The predicted octanol–water partition coefficient (Wildman–Crippen LogP) is -1.02. The van der Waals surface area contributed by atoms with E-state index in [9.17, 15) is 0 Å². The van der Waals surface area contributed by atoms with Gasteiger partial charge in [0, 0.05) is 0 Å². The van der Waals surface area contributed by atoms with Gasteiger partial charge in [-0.1, -0.05) is 46.0 Å². The van der Waals surface area contributed by atoms with E-state index < -0.39 is 0 Å². The molecule has 0 saturated heterocycles. The van der Waals surface area contributed by atoms with Crippen molar-refractivity contribution < 1.29 is 51.0 Å². The summed E-state index contributed by atoms with van der Waals surface area (Å²) in [6, 6.07) is 8.24. The van der Waals surface area contributed by atoms with Crippen LogP contribution in [0.25, 0.3) is 0 Å². The van der Waals surface area contributed by atoms with Crippen LogP contribution in [0.2, 0.25) is 0 Å². The second-order valence-corrected chi connectivity index (χ2v) is 5.16. The fourth-order valence-corrected chi connectivity index (χ4v) is 2.80. The van der Waals surface area contributed by atoms with Gasteiger partial charge in [0.15, 0.2) is 0 Å². The molecule has 0 fully saturated rings. The van der Waals surface area contributed by atoms with Gasteiger partial charge in [0.05, 0.1) is 0 Å². The molecular weight excluding hydrogens is 366 g/mol. The first-order chi connectivity index (χ1) is 8.18. The first-order valence-electron chi connectivity index (χ1n) is 6.69. The summed E-state index contributed by atoms with van der Waals surface area (Å²) >= 11 is 0. The number of allylic oxidation sites excluding steroid dienone is 4. The molecule has 0 heterocycles. The van der Waals surface area contributed by atoms with Crippen molar-refractivity contribution in [2.24, 2.45) is 5.92 Å². The molecule has 1 atom stereocenters. The standard InChI is InChI=1S/C11H15.C6H7.2ClH.Zr/c1-8-7-9(2)11-6-4-3-5-10(8)11;1-6-4-2-3-5-6;;;/h8H,3-6H2,1-2H3;2-5H,1H3;2*1H;/q2*-1;;;+4/p-2. The van der Waals surface area contributed by atoms with Crippen molar-refractivity contribution in [3.8, 4) is 0 Å². The van der Waals surface area contributed by atoms with Crippen LogP contribution in [0, 0.1) is 18.9 Å². The van der Waals surface area contributed by atoms with E-state index in [1.807, 2.05) is 12.1 Å². The van der Waals surface area contributed by atoms with Gasteiger partial charge in [-0.15, -0.1) is 0 Å². The molecule has 2 aliphatic rings. The molecule has 0 aliphatic heterocycles. The minimum Gasteiger partial charge on any atom is -1.00 e. The Bertz CT molecular complexity index is 430. The summed E-state index contributed by atoms with van der Waals surface area (Å²) in [6.45, 7) is 6.57. The molecule has 0 spiro atoms. The van der Waals surface area contributed by atoms with Crippen molar-refractivity contribution in [3.05, 3.63) is 52.6 Å². The van der Waals surface area contributed by atoms with E-state index >= 15 is 0 Å². The summed E-state index contributed by atoms with van der Waals surface area (Å²) in [7, 11) is 0. The monoisotopic (exact) mass is 386 g/mol. The summed E-state index contributed by atoms with van der Waals surface area (Å²) in [5.74, 6) is 0.630. The third-order valence-electron chi connectivity index (χ3n) is 3.75. The Morgan fingerprint density at radius 3 is 2.10 bits per heavy atom. The van der Waals surface area contributed by atoms with E-state index in [1.54, 1.807) is 11.1 Å². The van der Waals surface area contributed by atoms with E-state index in [4.69, 9.17) is 0 Å². The summed E-state index contributed by atoms with van der Waals surface area (Å²) in [4.78, 5) is 0. The zero-order valence-electron chi connectivity index (χ0n) is 12.5. The fraction of sp³-hybridized carbons (Fsp3) is 0.471. The van der Waals surface area contributed by atoms with Crippen LogP contribution in [-0.2, 0) is 26.2 Å². The van der Waals surface area contributed by atoms with Crippen molar-refractivity contribution in [2.45, 2.75) is 46.5 Å². The van der Waals surface area contributed by atoms with Gasteiger partial charge < -0.3 is 24.8 Å². The molecule has 0 radical (unpaired) electrons. The first-order valence-corrected chi connectivity index (χ1v) is 6.69. The summed E-state index contributed by atoms with van der Waals surface area (Å²) in [5.41, 5.74) is 6.11. The van der Waals surface area contributed by atoms with Crippen molar-refractivity contribution >= 4 is 0 Å². The molecule has 0 bridgehead atoms. The van der Waals surface area contributed by atoms with Gasteiger partial charge in [-0.2, -0.15) is 28.8 Å². The van der Waals surface area contributed by atoms with Crippen molar-refractivity contribution in [2.75, 3.05) is 0 Å². The van der Waals surface area contributed by atoms with Gasteiger partial charge in [-0.05, 0) is 6.42 Å². The molecule has 1 unspecified atom stereocenters. The van der Waals surface area contributed by atoms with Crippen molar-refractivity contribution in [1.82, 2.24) is 0 Å². The van der Waals surface area contributed by atoms with Gasteiger partial charge in [0.2, 0.25) is 0 Å². The normalized spacial score (nSPS) is 19.4. The Kier molecular flexibility index (Phi) is 12.3. The smallest absolute Gasteiger partial charge is 1.00 e. The molecule has 1 aromatic rings. The molecular formula is C17H22Cl2Zr. The van der Waals surface area contributed by atoms with Crippen molar-refractivity contribution in [1.29, 1.82) is 0 Å². The third-order valence-corrected chi connectivity index (χ3v) is 3.75. The summed E-state index contributed by atoms with van der Waals surface area (Å²) in [6.07, 6.45) is 8.95. The minimum atomic E-state index is 0. The second kappa shape index (κ2) is 10.9. The maximum atomic E-state index is 3.50. The SMILES string of the molecule is CC1=[C-]C(C)C2=C1CCCC2.C[c-]1cccc1.[Cl-].[Cl-].[Zr+4]. The molecule has 3 rings (SSSR count). The molecule has 0 saturated carbocycles. The quantitative estimate of drug-likeness (QED) is 0.499. The second-order valence-electron chi connectivity index (χ2n) is 5.16. The molecule has 3 heteroatoms. The number of aryl methyl sites for hydroxylation is 1. The van der Waals surface area contributed by atoms with Crippen LogP contribution in [0.15, 0.2) is 41.0 Å². The predicted molar refractivity (Wildman–Crippen MR) is 73.9 cm³/mol. The molecule has 108 valence electrons. The maximum Gasteiger partial charge on any atom is 4.00 e. The minimum absolute atomic E-state index is 0. The van der Waals surface area contributed by atoms with Crippen LogP contribution in [0.4, 0.5) is 0 Å². The Morgan fingerprint density at radius 1 is 1.10 bits per heavy atom. The largest absolute Gasteiger partial charge is 4.00 e. The zero-order chi connectivity index (χ0) is 12.3. The molecule has 0 amide bonds. The van der Waals surface area contributed by atoms with Gasteiger partial charge >= 0.3 is 26.2 Å². The average molecular weight is 388 g/mol. The van der Waals surface area contributed by atoms with E-state index in [0.717, 1.165) is 0 Å². The van der Waals surface area contributed by atoms with E-state index in [0.29, 0.717) is 5.92 Å². The topological polar surface area (TPSA) is 0 Å². The van der Waals surface area contributed by atoms with Crippen LogP contribution in [0.3, 0.4) is 0 Å². The summed E-state index contributed by atoms with van der Waals surface area (Å²) in [5, 5.41) is 0. The molecule has 20 heavy (non-hydrogen) atoms. The molecule has 1 aromatic carbocycles. The Hall–Kier alpha value is 0.293. The van der Waals surface area contributed by atoms with Gasteiger partial charge in [0.1, 0.15) is 0 Å². The van der Waals surface area contributed by atoms with Gasteiger partial charge in [-0.25, -0.2) is 17.7 Å². The molecule has 0 aromatic heterocycles. The van der Waals surface area contributed by atoms with Crippen LogP contribution in [0.1, 0.15) is 45.1 Å². The number of hydrogen-bond acceptors (Lipinski definition) is 0. The summed E-state index contributed by atoms with van der Waals surface area (Å²) < 4.78 is 0. The van der Waals surface area contributed by atoms with Crippen LogP contribution in [0.5, 0.6) is 0 Å². The van der Waals surface area contributed by atoms with E-state index in [-0.39, 0.29) is 51.0 Å². The number of halogens is 2. The van der Waals surface area contributed by atoms with Crippen LogP contribution in [-0.4, -0.2) is 0 Å². The van der Waals surface area contributed by atoms with E-state index in [2.05, 4.69) is 39.0 Å². The Labute approximate surface area is 155 Å². The van der Waals surface area contributed by atoms with Crippen LogP contribution >= 0.6 is 0 Å². The zero-order valence-corrected chi connectivity index (χ0v) is 16.4. The van der Waals surface area contributed by atoms with Gasteiger partial charge in [0.25, 0.3) is 0 Å². The Balaban J connectivity index is 0. The molecule has 2 aliphatic carbocycles.